The summed E-state index contributed by atoms with van der Waals surface area (Å²) in [6.45, 7) is 8.57. The predicted molar refractivity (Wildman–Crippen MR) is 82.7 cm³/mol. The number of quaternary nitrogens is 1. The van der Waals surface area contributed by atoms with Gasteiger partial charge in [0, 0.05) is 5.56 Å². The van der Waals surface area contributed by atoms with Gasteiger partial charge in [-0.05, 0) is 45.0 Å². The number of nitrogens with zero attached hydrogens (tertiary/aromatic N) is 1. The fourth-order valence-corrected chi connectivity index (χ4v) is 3.02. The molecule has 1 aromatic carbocycles. The summed E-state index contributed by atoms with van der Waals surface area (Å²) in [5.41, 5.74) is 0.256. The van der Waals surface area contributed by atoms with E-state index in [0.29, 0.717) is 11.1 Å². The molecule has 116 valence electrons. The Hall–Kier alpha value is -1.39. The standard InChI is InChI=1S/C17H26NO3/c1-13-12-18(4,10-11-21-13)17(2,3)16(19)14-6-8-15(20-5)9-7-14/h6-9,13H,10-12H2,1-5H3/q+1. The highest BCUT2D eigenvalue weighted by molar-refractivity contribution is 6.01. The maximum Gasteiger partial charge on any atom is 0.222 e. The molecular formula is C17H26NO3+. The largest absolute Gasteiger partial charge is 0.497 e. The molecule has 0 N–H and O–H groups in total. The van der Waals surface area contributed by atoms with Gasteiger partial charge in [0.25, 0.3) is 0 Å². The molecule has 1 heterocycles. The number of hydrogen-bond donors (Lipinski definition) is 0. The summed E-state index contributed by atoms with van der Waals surface area (Å²) in [5, 5.41) is 0. The average Bonchev–Trinajstić information content (AvgIpc) is 2.46. The number of hydrogen-bond acceptors (Lipinski definition) is 3. The number of Topliss-reactive ketones (excluding diaryl/α,β-unsaturated/α-hetero) is 1. The van der Waals surface area contributed by atoms with Crippen LogP contribution in [0.25, 0.3) is 0 Å². The lowest BCUT2D eigenvalue weighted by Gasteiger charge is -2.50. The van der Waals surface area contributed by atoms with Crippen molar-refractivity contribution in [2.75, 3.05) is 33.9 Å². The van der Waals surface area contributed by atoms with Crippen LogP contribution < -0.4 is 4.74 Å². The number of carbonyl (C=O) groups is 1. The first kappa shape index (κ1) is 16.0. The van der Waals surface area contributed by atoms with E-state index in [-0.39, 0.29) is 11.9 Å². The number of methoxy groups -OCH3 is 1. The van der Waals surface area contributed by atoms with Crippen molar-refractivity contribution in [3.8, 4) is 5.75 Å². The molecule has 1 aliphatic heterocycles. The molecule has 0 bridgehead atoms. The highest BCUT2D eigenvalue weighted by Crippen LogP contribution is 2.30. The molecule has 1 saturated heterocycles. The van der Waals surface area contributed by atoms with E-state index in [2.05, 4.69) is 14.0 Å². The highest BCUT2D eigenvalue weighted by atomic mass is 16.5. The average molecular weight is 292 g/mol. The van der Waals surface area contributed by atoms with Crippen molar-refractivity contribution in [2.45, 2.75) is 32.4 Å². The monoisotopic (exact) mass is 292 g/mol. The van der Waals surface area contributed by atoms with Gasteiger partial charge < -0.3 is 14.0 Å². The maximum atomic E-state index is 13.0. The predicted octanol–water partition coefficient (Wildman–Crippen LogP) is 2.52. The Morgan fingerprint density at radius 3 is 2.48 bits per heavy atom. The molecule has 1 fully saturated rings. The van der Waals surface area contributed by atoms with Crippen LogP contribution in [0.3, 0.4) is 0 Å². The van der Waals surface area contributed by atoms with E-state index in [1.54, 1.807) is 7.11 Å². The summed E-state index contributed by atoms with van der Waals surface area (Å²) >= 11 is 0. The first-order valence-electron chi connectivity index (χ1n) is 7.45. The topological polar surface area (TPSA) is 35.5 Å². The number of ketones is 1. The molecule has 0 aliphatic carbocycles. The third-order valence-electron chi connectivity index (χ3n) is 4.90. The molecule has 1 aromatic rings. The Morgan fingerprint density at radius 1 is 1.33 bits per heavy atom. The molecular weight excluding hydrogens is 266 g/mol. The second kappa shape index (κ2) is 5.78. The van der Waals surface area contributed by atoms with Gasteiger partial charge in [-0.15, -0.1) is 0 Å². The molecule has 2 atom stereocenters. The molecule has 4 heteroatoms. The second-order valence-electron chi connectivity index (χ2n) is 6.60. The first-order chi connectivity index (χ1) is 9.80. The molecule has 0 amide bonds. The summed E-state index contributed by atoms with van der Waals surface area (Å²) in [7, 11) is 3.78. The van der Waals surface area contributed by atoms with Crippen LogP contribution in [0.5, 0.6) is 5.75 Å². The van der Waals surface area contributed by atoms with Gasteiger partial charge in [-0.25, -0.2) is 0 Å². The smallest absolute Gasteiger partial charge is 0.222 e. The summed E-state index contributed by atoms with van der Waals surface area (Å²) < 4.78 is 11.5. The van der Waals surface area contributed by atoms with Crippen LogP contribution in [0, 0.1) is 0 Å². The van der Waals surface area contributed by atoms with E-state index in [9.17, 15) is 4.79 Å². The zero-order valence-corrected chi connectivity index (χ0v) is 13.7. The van der Waals surface area contributed by atoms with Crippen LogP contribution in [-0.4, -0.2) is 55.8 Å². The van der Waals surface area contributed by atoms with E-state index in [0.717, 1.165) is 24.4 Å². The van der Waals surface area contributed by atoms with Crippen molar-refractivity contribution in [1.29, 1.82) is 0 Å². The Bertz CT molecular complexity index is 509. The number of benzene rings is 1. The number of morpholine rings is 1. The van der Waals surface area contributed by atoms with Crippen LogP contribution in [0.4, 0.5) is 0 Å². The maximum absolute atomic E-state index is 13.0. The molecule has 0 radical (unpaired) electrons. The minimum absolute atomic E-state index is 0.168. The molecule has 0 aromatic heterocycles. The van der Waals surface area contributed by atoms with Crippen molar-refractivity contribution >= 4 is 5.78 Å². The highest BCUT2D eigenvalue weighted by Gasteiger charge is 2.48. The summed E-state index contributed by atoms with van der Waals surface area (Å²) in [4.78, 5) is 13.0. The lowest BCUT2D eigenvalue weighted by atomic mass is 9.88. The molecule has 2 rings (SSSR count). The van der Waals surface area contributed by atoms with Crippen LogP contribution in [0.1, 0.15) is 31.1 Å². The number of likely N-dealkylation sites (N-methyl/N-ethyl adjacent to an activating group) is 1. The molecule has 1 aliphatic rings. The van der Waals surface area contributed by atoms with E-state index in [1.165, 1.54) is 0 Å². The summed E-state index contributed by atoms with van der Waals surface area (Å²) in [6.07, 6.45) is 0.187. The summed E-state index contributed by atoms with van der Waals surface area (Å²) in [6, 6.07) is 7.37. The van der Waals surface area contributed by atoms with Gasteiger partial charge in [0.2, 0.25) is 5.78 Å². The van der Waals surface area contributed by atoms with Gasteiger partial charge in [-0.2, -0.15) is 0 Å². The Labute approximate surface area is 127 Å². The number of carbonyl (C=O) groups excluding carboxylic acids is 1. The van der Waals surface area contributed by atoms with Gasteiger partial charge in [0.05, 0.1) is 20.8 Å². The third kappa shape index (κ3) is 2.97. The Kier molecular flexibility index (Phi) is 4.40. The van der Waals surface area contributed by atoms with Gasteiger partial charge in [0.1, 0.15) is 24.9 Å². The Morgan fingerprint density at radius 2 is 1.95 bits per heavy atom. The summed E-state index contributed by atoms with van der Waals surface area (Å²) in [5.74, 6) is 0.937. The van der Waals surface area contributed by atoms with Crippen LogP contribution in [0.15, 0.2) is 24.3 Å². The van der Waals surface area contributed by atoms with Crippen molar-refractivity contribution in [1.82, 2.24) is 0 Å². The van der Waals surface area contributed by atoms with Crippen molar-refractivity contribution in [2.24, 2.45) is 0 Å². The van der Waals surface area contributed by atoms with Gasteiger partial charge in [-0.3, -0.25) is 4.79 Å². The van der Waals surface area contributed by atoms with Gasteiger partial charge in [-0.1, -0.05) is 0 Å². The van der Waals surface area contributed by atoms with Crippen molar-refractivity contribution in [3.63, 3.8) is 0 Å². The number of rotatable bonds is 4. The van der Waals surface area contributed by atoms with Gasteiger partial charge in [0.15, 0.2) is 5.54 Å². The zero-order valence-electron chi connectivity index (χ0n) is 13.7. The lowest BCUT2D eigenvalue weighted by Crippen LogP contribution is -2.68. The molecule has 21 heavy (non-hydrogen) atoms. The quantitative estimate of drug-likeness (QED) is 0.632. The van der Waals surface area contributed by atoms with Crippen LogP contribution in [0.2, 0.25) is 0 Å². The molecule has 4 nitrogen and oxygen atoms in total. The SMILES string of the molecule is COc1ccc(C(=O)C(C)(C)[N+]2(C)CCOC(C)C2)cc1. The van der Waals surface area contributed by atoms with Gasteiger partial charge >= 0.3 is 0 Å². The number of ether oxygens (including phenoxy) is 2. The molecule has 0 spiro atoms. The van der Waals surface area contributed by atoms with Crippen molar-refractivity contribution < 1.29 is 18.8 Å². The fourth-order valence-electron chi connectivity index (χ4n) is 3.02. The van der Waals surface area contributed by atoms with E-state index < -0.39 is 5.54 Å². The zero-order chi connectivity index (χ0) is 15.7. The fraction of sp³-hybridized carbons (Fsp3) is 0.588. The van der Waals surface area contributed by atoms with E-state index in [4.69, 9.17) is 9.47 Å². The van der Waals surface area contributed by atoms with E-state index in [1.807, 2.05) is 38.1 Å². The van der Waals surface area contributed by atoms with Crippen molar-refractivity contribution in [3.05, 3.63) is 29.8 Å². The Balaban J connectivity index is 2.26. The van der Waals surface area contributed by atoms with Crippen LogP contribution >= 0.6 is 0 Å². The third-order valence-corrected chi connectivity index (χ3v) is 4.90. The second-order valence-corrected chi connectivity index (χ2v) is 6.60. The minimum atomic E-state index is -0.480. The lowest BCUT2D eigenvalue weighted by molar-refractivity contribution is -0.954. The van der Waals surface area contributed by atoms with Crippen LogP contribution in [-0.2, 0) is 4.74 Å². The minimum Gasteiger partial charge on any atom is -0.497 e. The molecule has 0 saturated carbocycles. The normalized spacial score (nSPS) is 26.4. The first-order valence-corrected chi connectivity index (χ1v) is 7.45. The van der Waals surface area contributed by atoms with E-state index >= 15 is 0 Å². The molecule has 2 unspecified atom stereocenters.